The Bertz CT molecular complexity index is 1030. The van der Waals surface area contributed by atoms with Crippen LogP contribution < -0.4 is 10.2 Å². The summed E-state index contributed by atoms with van der Waals surface area (Å²) in [4.78, 5) is 11.3. The second kappa shape index (κ2) is 9.84. The van der Waals surface area contributed by atoms with E-state index in [9.17, 15) is 35.5 Å². The molecule has 14 heteroatoms. The first kappa shape index (κ1) is 26.2. The van der Waals surface area contributed by atoms with Gasteiger partial charge in [-0.2, -0.15) is 35.8 Å². The molecule has 0 aliphatic carbocycles. The van der Waals surface area contributed by atoms with Crippen LogP contribution in [-0.2, 0) is 11.4 Å². The van der Waals surface area contributed by atoms with E-state index < -0.39 is 23.9 Å². The van der Waals surface area contributed by atoms with E-state index in [0.717, 1.165) is 11.6 Å². The molecule has 1 N–H and O–H groups in total. The second-order valence-corrected chi connectivity index (χ2v) is 7.81. The van der Waals surface area contributed by atoms with E-state index in [2.05, 4.69) is 21.0 Å². The lowest BCUT2D eigenvalue weighted by Gasteiger charge is -2.26. The first-order valence-electron chi connectivity index (χ1n) is 8.19. The topological polar surface area (TPSA) is 50.7 Å². The molecule has 0 bridgehead atoms. The third-order valence-corrected chi connectivity index (χ3v) is 4.86. The third kappa shape index (κ3) is 5.84. The average molecular weight is 570 g/mol. The summed E-state index contributed by atoms with van der Waals surface area (Å²) in [5.41, 5.74) is 1.58. The Hall–Kier alpha value is -2.05. The third-order valence-electron chi connectivity index (χ3n) is 3.78. The van der Waals surface area contributed by atoms with E-state index in [1.807, 2.05) is 0 Å². The van der Waals surface area contributed by atoms with E-state index in [0.29, 0.717) is 20.1 Å². The summed E-state index contributed by atoms with van der Waals surface area (Å²) in [7, 11) is 0. The molecule has 0 saturated carbocycles. The van der Waals surface area contributed by atoms with Gasteiger partial charge in [0.05, 0.1) is 6.21 Å². The zero-order valence-corrected chi connectivity index (χ0v) is 18.4. The largest absolute Gasteiger partial charge is 0.488 e. The highest BCUT2D eigenvalue weighted by molar-refractivity contribution is 9.10. The molecule has 1 amide bonds. The molecule has 32 heavy (non-hydrogen) atoms. The molecule has 0 atom stereocenters. The van der Waals surface area contributed by atoms with Gasteiger partial charge in [-0.15, -0.1) is 0 Å². The first-order chi connectivity index (χ1) is 14.7. The number of rotatable bonds is 7. The minimum Gasteiger partial charge on any atom is -0.488 e. The maximum atomic E-state index is 13.3. The lowest BCUT2D eigenvalue weighted by molar-refractivity contribution is -0.344. The van der Waals surface area contributed by atoms with Crippen LogP contribution in [0.1, 0.15) is 11.1 Å². The number of hydrogen-bond acceptors (Lipinski definition) is 3. The van der Waals surface area contributed by atoms with Crippen molar-refractivity contribution in [3.63, 3.8) is 0 Å². The van der Waals surface area contributed by atoms with E-state index in [4.69, 9.17) is 27.9 Å². The fraction of sp³-hybridized carbons (Fsp3) is 0.222. The molecule has 0 aromatic heterocycles. The number of carbonyl (C=O) groups is 1. The Morgan fingerprint density at radius 1 is 1.06 bits per heavy atom. The van der Waals surface area contributed by atoms with Crippen LogP contribution in [0.2, 0.25) is 10.0 Å². The van der Waals surface area contributed by atoms with Crippen molar-refractivity contribution in [2.75, 3.05) is 0 Å². The summed E-state index contributed by atoms with van der Waals surface area (Å²) in [5.74, 6) is -15.5. The predicted molar refractivity (Wildman–Crippen MR) is 107 cm³/mol. The van der Waals surface area contributed by atoms with Gasteiger partial charge in [0, 0.05) is 25.6 Å². The Labute approximate surface area is 194 Å². The summed E-state index contributed by atoms with van der Waals surface area (Å²) in [6.45, 7) is -0.0687. The number of ether oxygens (including phenoxy) is 1. The fourth-order valence-electron chi connectivity index (χ4n) is 2.10. The van der Waals surface area contributed by atoms with Gasteiger partial charge in [0.1, 0.15) is 12.4 Å². The number of benzene rings is 2. The fourth-order valence-corrected chi connectivity index (χ4v) is 2.94. The number of hydrazone groups is 1. The summed E-state index contributed by atoms with van der Waals surface area (Å²) < 4.78 is 95.0. The van der Waals surface area contributed by atoms with Gasteiger partial charge in [0.25, 0.3) is 0 Å². The highest BCUT2D eigenvalue weighted by Gasteiger charge is 2.76. The molecule has 4 nitrogen and oxygen atoms in total. The van der Waals surface area contributed by atoms with Crippen LogP contribution in [-0.4, -0.2) is 30.1 Å². The van der Waals surface area contributed by atoms with Gasteiger partial charge in [-0.1, -0.05) is 45.2 Å². The maximum absolute atomic E-state index is 13.3. The SMILES string of the molecule is O=C(N/N=C/c1cc(Br)ccc1OCc1ccc(Cl)cc1Cl)C(F)(F)C(F)(F)C(F)(F)F. The lowest BCUT2D eigenvalue weighted by atomic mass is 10.1. The van der Waals surface area contributed by atoms with Gasteiger partial charge in [0.15, 0.2) is 0 Å². The molecule has 2 aromatic carbocycles. The van der Waals surface area contributed by atoms with Crippen LogP contribution in [0.25, 0.3) is 0 Å². The van der Waals surface area contributed by atoms with Crippen LogP contribution in [0.3, 0.4) is 0 Å². The molecule has 0 fully saturated rings. The first-order valence-corrected chi connectivity index (χ1v) is 9.74. The standard InChI is InChI=1S/C18H10BrCl2F7N2O2/c19-11-2-4-14(32-8-9-1-3-12(20)6-13(9)21)10(5-11)7-29-30-15(31)16(22,23)17(24,25)18(26,27)28/h1-7H,8H2,(H,30,31)/b29-7+. The normalized spacial score (nSPS) is 12.8. The molecule has 174 valence electrons. The predicted octanol–water partition coefficient (Wildman–Crippen LogP) is 6.62. The number of alkyl halides is 7. The van der Waals surface area contributed by atoms with Crippen molar-refractivity contribution in [1.82, 2.24) is 5.43 Å². The van der Waals surface area contributed by atoms with E-state index in [1.165, 1.54) is 24.3 Å². The van der Waals surface area contributed by atoms with Crippen molar-refractivity contribution in [1.29, 1.82) is 0 Å². The van der Waals surface area contributed by atoms with Crippen LogP contribution in [0.5, 0.6) is 5.75 Å². The van der Waals surface area contributed by atoms with Gasteiger partial charge in [-0.25, -0.2) is 5.43 Å². The van der Waals surface area contributed by atoms with E-state index in [-0.39, 0.29) is 17.9 Å². The number of carbonyl (C=O) groups excluding carboxylic acids is 1. The number of nitrogens with zero attached hydrogens (tertiary/aromatic N) is 1. The Morgan fingerprint density at radius 2 is 1.72 bits per heavy atom. The van der Waals surface area contributed by atoms with Crippen molar-refractivity contribution in [3.8, 4) is 5.75 Å². The molecule has 0 saturated heterocycles. The smallest absolute Gasteiger partial charge is 0.460 e. The molecule has 2 aromatic rings. The molecular weight excluding hydrogens is 560 g/mol. The van der Waals surface area contributed by atoms with Crippen LogP contribution >= 0.6 is 39.1 Å². The quantitative estimate of drug-likeness (QED) is 0.231. The minimum absolute atomic E-state index is 0.0654. The van der Waals surface area contributed by atoms with Crippen molar-refractivity contribution in [2.45, 2.75) is 24.6 Å². The van der Waals surface area contributed by atoms with Crippen molar-refractivity contribution in [3.05, 3.63) is 62.0 Å². The monoisotopic (exact) mass is 568 g/mol. The Balaban J connectivity index is 2.17. The number of nitrogens with one attached hydrogen (secondary N) is 1. The molecule has 0 spiro atoms. The summed E-state index contributed by atoms with van der Waals surface area (Å²) in [6, 6.07) is 8.92. The van der Waals surface area contributed by atoms with Crippen LogP contribution in [0.4, 0.5) is 30.7 Å². The molecule has 0 heterocycles. The zero-order chi connectivity index (χ0) is 24.3. The lowest BCUT2D eigenvalue weighted by Crippen LogP contribution is -2.58. The molecule has 0 radical (unpaired) electrons. The van der Waals surface area contributed by atoms with Gasteiger partial charge >= 0.3 is 23.9 Å². The van der Waals surface area contributed by atoms with Gasteiger partial charge < -0.3 is 4.74 Å². The second-order valence-electron chi connectivity index (χ2n) is 6.05. The average Bonchev–Trinajstić information content (AvgIpc) is 2.67. The van der Waals surface area contributed by atoms with Crippen molar-refractivity contribution >= 4 is 51.3 Å². The summed E-state index contributed by atoms with van der Waals surface area (Å²) in [5, 5.41) is 3.72. The molecular formula is C18H10BrCl2F7N2O2. The van der Waals surface area contributed by atoms with Crippen molar-refractivity contribution < 1.29 is 40.3 Å². The van der Waals surface area contributed by atoms with Gasteiger partial charge in [-0.3, -0.25) is 4.79 Å². The summed E-state index contributed by atoms with van der Waals surface area (Å²) >= 11 is 15.0. The van der Waals surface area contributed by atoms with Gasteiger partial charge in [-0.05, 0) is 30.3 Å². The van der Waals surface area contributed by atoms with Crippen molar-refractivity contribution in [2.24, 2.45) is 5.10 Å². The number of amides is 1. The zero-order valence-electron chi connectivity index (χ0n) is 15.3. The summed E-state index contributed by atoms with van der Waals surface area (Å²) in [6.07, 6.45) is -5.92. The van der Waals surface area contributed by atoms with Crippen LogP contribution in [0, 0.1) is 0 Å². The number of hydrogen-bond donors (Lipinski definition) is 1. The Kier molecular flexibility index (Phi) is 8.05. The molecule has 0 aliphatic heterocycles. The maximum Gasteiger partial charge on any atom is 0.460 e. The Morgan fingerprint density at radius 3 is 2.31 bits per heavy atom. The highest BCUT2D eigenvalue weighted by atomic mass is 79.9. The van der Waals surface area contributed by atoms with Gasteiger partial charge in [0.2, 0.25) is 0 Å². The van der Waals surface area contributed by atoms with Crippen LogP contribution in [0.15, 0.2) is 46.0 Å². The number of halogens is 10. The van der Waals surface area contributed by atoms with E-state index >= 15 is 0 Å². The molecule has 2 rings (SSSR count). The van der Waals surface area contributed by atoms with E-state index in [1.54, 1.807) is 12.1 Å². The highest BCUT2D eigenvalue weighted by Crippen LogP contribution is 2.46. The minimum atomic E-state index is -6.65. The molecule has 0 unspecified atom stereocenters. The molecule has 0 aliphatic rings.